The third-order valence-corrected chi connectivity index (χ3v) is 7.00. The summed E-state index contributed by atoms with van der Waals surface area (Å²) in [6.45, 7) is 8.36. The molecular formula is C27H28N2O3S. The van der Waals surface area contributed by atoms with Crippen molar-refractivity contribution >= 4 is 35.2 Å². The molecule has 4 rings (SSSR count). The average Bonchev–Trinajstić information content (AvgIpc) is 2.76. The van der Waals surface area contributed by atoms with Gasteiger partial charge in [0.15, 0.2) is 0 Å². The number of carboxylic acids is 1. The summed E-state index contributed by atoms with van der Waals surface area (Å²) in [4.78, 5) is 23.4. The molecule has 1 heterocycles. The fourth-order valence-corrected chi connectivity index (χ4v) is 5.49. The van der Waals surface area contributed by atoms with E-state index < -0.39 is 5.97 Å². The first-order chi connectivity index (χ1) is 15.7. The van der Waals surface area contributed by atoms with Gasteiger partial charge in [-0.1, -0.05) is 47.8 Å². The number of fused-ring (bicyclic) bond motifs is 3. The lowest BCUT2D eigenvalue weighted by molar-refractivity contribution is -0.136. The van der Waals surface area contributed by atoms with Crippen LogP contribution in [0.2, 0.25) is 0 Å². The number of aryl methyl sites for hydroxylation is 1. The van der Waals surface area contributed by atoms with Gasteiger partial charge in [-0.05, 0) is 71.8 Å². The number of carbonyl (C=O) groups is 2. The number of hydrogen-bond donors (Lipinski definition) is 2. The van der Waals surface area contributed by atoms with Crippen LogP contribution in [0.1, 0.15) is 34.7 Å². The SMILES string of the molecule is CSN1Cc2cc(NC(C)=O)ccc2-c2c(C)c(-c3ccc(C)cc3)c(CC(=O)O)c(C)c21. The summed E-state index contributed by atoms with van der Waals surface area (Å²) in [6, 6.07) is 14.3. The molecule has 0 atom stereocenters. The van der Waals surface area contributed by atoms with Crippen LogP contribution in [-0.2, 0) is 22.6 Å². The quantitative estimate of drug-likeness (QED) is 0.448. The van der Waals surface area contributed by atoms with Crippen LogP contribution in [0.15, 0.2) is 42.5 Å². The molecule has 1 aliphatic rings. The Bertz CT molecular complexity index is 1270. The second-order valence-corrected chi connectivity index (χ2v) is 9.34. The van der Waals surface area contributed by atoms with E-state index in [2.05, 4.69) is 46.9 Å². The van der Waals surface area contributed by atoms with E-state index in [9.17, 15) is 14.7 Å². The summed E-state index contributed by atoms with van der Waals surface area (Å²) < 4.78 is 2.22. The first kappa shape index (κ1) is 22.9. The molecule has 0 unspecified atom stereocenters. The van der Waals surface area contributed by atoms with Crippen molar-refractivity contribution in [2.24, 2.45) is 0 Å². The maximum atomic E-state index is 11.9. The molecule has 3 aromatic carbocycles. The molecule has 0 spiro atoms. The van der Waals surface area contributed by atoms with Crippen LogP contribution in [0.4, 0.5) is 11.4 Å². The minimum atomic E-state index is -0.835. The van der Waals surface area contributed by atoms with Gasteiger partial charge >= 0.3 is 5.97 Å². The van der Waals surface area contributed by atoms with Crippen molar-refractivity contribution in [3.8, 4) is 22.3 Å². The number of anilines is 2. The lowest BCUT2D eigenvalue weighted by atomic mass is 9.81. The molecule has 2 N–H and O–H groups in total. The molecule has 6 heteroatoms. The number of benzene rings is 3. The second-order valence-electron chi connectivity index (χ2n) is 8.54. The molecule has 1 aliphatic heterocycles. The van der Waals surface area contributed by atoms with E-state index in [1.165, 1.54) is 6.92 Å². The molecule has 0 aliphatic carbocycles. The van der Waals surface area contributed by atoms with Gasteiger partial charge in [-0.15, -0.1) is 0 Å². The number of hydrogen-bond acceptors (Lipinski definition) is 4. The van der Waals surface area contributed by atoms with Gasteiger partial charge in [0.2, 0.25) is 5.91 Å². The maximum absolute atomic E-state index is 11.9. The predicted octanol–water partition coefficient (Wildman–Crippen LogP) is 6.13. The molecular weight excluding hydrogens is 432 g/mol. The zero-order valence-corrected chi connectivity index (χ0v) is 20.4. The Labute approximate surface area is 199 Å². The fraction of sp³-hybridized carbons (Fsp3) is 0.259. The van der Waals surface area contributed by atoms with Gasteiger partial charge in [0.05, 0.1) is 18.7 Å². The Kier molecular flexibility index (Phi) is 6.21. The van der Waals surface area contributed by atoms with Gasteiger partial charge < -0.3 is 14.7 Å². The summed E-state index contributed by atoms with van der Waals surface area (Å²) in [5.74, 6) is -0.933. The Hall–Kier alpha value is -3.25. The summed E-state index contributed by atoms with van der Waals surface area (Å²) in [7, 11) is 0. The fourth-order valence-electron chi connectivity index (χ4n) is 4.81. The zero-order chi connectivity index (χ0) is 23.9. The van der Waals surface area contributed by atoms with Crippen molar-refractivity contribution in [2.75, 3.05) is 15.9 Å². The molecule has 3 aromatic rings. The topological polar surface area (TPSA) is 69.6 Å². The highest BCUT2D eigenvalue weighted by molar-refractivity contribution is 7.99. The smallest absolute Gasteiger partial charge is 0.307 e. The Balaban J connectivity index is 2.04. The lowest BCUT2D eigenvalue weighted by Gasteiger charge is -2.36. The highest BCUT2D eigenvalue weighted by atomic mass is 32.2. The van der Waals surface area contributed by atoms with Crippen LogP contribution >= 0.6 is 11.9 Å². The molecule has 0 bridgehead atoms. The third-order valence-electron chi connectivity index (χ3n) is 6.24. The molecule has 0 aromatic heterocycles. The van der Waals surface area contributed by atoms with E-state index in [0.29, 0.717) is 6.54 Å². The number of amides is 1. The van der Waals surface area contributed by atoms with Crippen molar-refractivity contribution in [1.82, 2.24) is 0 Å². The van der Waals surface area contributed by atoms with Gasteiger partial charge in [-0.3, -0.25) is 9.59 Å². The number of rotatable bonds is 5. The normalized spacial score (nSPS) is 12.2. The number of aliphatic carboxylic acids is 1. The lowest BCUT2D eigenvalue weighted by Crippen LogP contribution is -2.23. The van der Waals surface area contributed by atoms with Gasteiger partial charge in [0, 0.05) is 24.4 Å². The predicted molar refractivity (Wildman–Crippen MR) is 137 cm³/mol. The Morgan fingerprint density at radius 3 is 2.33 bits per heavy atom. The molecule has 0 fully saturated rings. The summed E-state index contributed by atoms with van der Waals surface area (Å²) in [6.07, 6.45) is 2.01. The van der Waals surface area contributed by atoms with Crippen molar-refractivity contribution in [2.45, 2.75) is 40.7 Å². The highest BCUT2D eigenvalue weighted by Gasteiger charge is 2.30. The number of carbonyl (C=O) groups excluding carboxylic acids is 1. The van der Waals surface area contributed by atoms with Gasteiger partial charge in [0.1, 0.15) is 0 Å². The average molecular weight is 461 g/mol. The van der Waals surface area contributed by atoms with Crippen molar-refractivity contribution in [3.63, 3.8) is 0 Å². The minimum absolute atomic E-state index is 0.0281. The van der Waals surface area contributed by atoms with Crippen LogP contribution in [0, 0.1) is 20.8 Å². The van der Waals surface area contributed by atoms with Crippen molar-refractivity contribution < 1.29 is 14.7 Å². The third kappa shape index (κ3) is 4.23. The first-order valence-electron chi connectivity index (χ1n) is 10.9. The van der Waals surface area contributed by atoms with Gasteiger partial charge in [0.25, 0.3) is 0 Å². The van der Waals surface area contributed by atoms with E-state index >= 15 is 0 Å². The first-order valence-corrected chi connectivity index (χ1v) is 12.1. The van der Waals surface area contributed by atoms with Crippen LogP contribution in [0.5, 0.6) is 0 Å². The van der Waals surface area contributed by atoms with Crippen LogP contribution in [0.25, 0.3) is 22.3 Å². The maximum Gasteiger partial charge on any atom is 0.307 e. The summed E-state index contributed by atoms with van der Waals surface area (Å²) in [5, 5.41) is 12.6. The molecule has 0 saturated heterocycles. The Morgan fingerprint density at radius 1 is 1.03 bits per heavy atom. The zero-order valence-electron chi connectivity index (χ0n) is 19.6. The van der Waals surface area contributed by atoms with E-state index in [1.54, 1.807) is 11.9 Å². The monoisotopic (exact) mass is 460 g/mol. The van der Waals surface area contributed by atoms with E-state index in [-0.39, 0.29) is 12.3 Å². The highest BCUT2D eigenvalue weighted by Crippen LogP contribution is 2.50. The molecule has 33 heavy (non-hydrogen) atoms. The van der Waals surface area contributed by atoms with E-state index in [4.69, 9.17) is 0 Å². The largest absolute Gasteiger partial charge is 0.481 e. The molecule has 1 amide bonds. The van der Waals surface area contributed by atoms with Crippen molar-refractivity contribution in [3.05, 3.63) is 70.3 Å². The number of carboxylic acid groups (broad SMARTS) is 1. The van der Waals surface area contributed by atoms with Gasteiger partial charge in [-0.25, -0.2) is 0 Å². The molecule has 0 saturated carbocycles. The van der Waals surface area contributed by atoms with Gasteiger partial charge in [-0.2, -0.15) is 0 Å². The van der Waals surface area contributed by atoms with E-state index in [0.717, 1.165) is 61.4 Å². The van der Waals surface area contributed by atoms with E-state index in [1.807, 2.05) is 32.2 Å². The summed E-state index contributed by atoms with van der Waals surface area (Å²) >= 11 is 1.62. The number of nitrogens with zero attached hydrogens (tertiary/aromatic N) is 1. The van der Waals surface area contributed by atoms with Crippen LogP contribution < -0.4 is 9.62 Å². The molecule has 0 radical (unpaired) electrons. The number of nitrogens with one attached hydrogen (secondary N) is 1. The van der Waals surface area contributed by atoms with Crippen LogP contribution in [-0.4, -0.2) is 23.2 Å². The standard InChI is InChI=1S/C27H28N2O3S/c1-15-6-8-19(9-7-15)25-17(3)26-22-11-10-21(28-18(4)30)12-20(22)14-29(33-5)27(26)16(2)23(25)13-24(31)32/h6-12H,13-14H2,1-5H3,(H,28,30)(H,31,32). The molecule has 170 valence electrons. The Morgan fingerprint density at radius 2 is 1.73 bits per heavy atom. The minimum Gasteiger partial charge on any atom is -0.481 e. The molecule has 5 nitrogen and oxygen atoms in total. The summed E-state index contributed by atoms with van der Waals surface area (Å²) in [5.41, 5.74) is 11.4. The van der Waals surface area contributed by atoms with Crippen LogP contribution in [0.3, 0.4) is 0 Å². The van der Waals surface area contributed by atoms with Crippen molar-refractivity contribution in [1.29, 1.82) is 0 Å². The second kappa shape index (κ2) is 8.94.